The molecule has 1 aromatic carbocycles. The van der Waals surface area contributed by atoms with E-state index >= 15 is 0 Å². The summed E-state index contributed by atoms with van der Waals surface area (Å²) in [6, 6.07) is 8.83. The summed E-state index contributed by atoms with van der Waals surface area (Å²) in [4.78, 5) is 15.8. The van der Waals surface area contributed by atoms with E-state index in [9.17, 15) is 4.79 Å². The third kappa shape index (κ3) is 3.06. The smallest absolute Gasteiger partial charge is 0.271 e. The molecule has 112 valence electrons. The van der Waals surface area contributed by atoms with Crippen molar-refractivity contribution in [1.29, 1.82) is 0 Å². The number of hydrogen-bond donors (Lipinski definition) is 1. The lowest BCUT2D eigenvalue weighted by Crippen LogP contribution is -2.19. The van der Waals surface area contributed by atoms with E-state index in [-0.39, 0.29) is 5.91 Å². The second-order valence-corrected chi connectivity index (χ2v) is 4.73. The van der Waals surface area contributed by atoms with Crippen molar-refractivity contribution >= 4 is 11.6 Å². The zero-order valence-electron chi connectivity index (χ0n) is 12.1. The van der Waals surface area contributed by atoms with Gasteiger partial charge in [0.2, 0.25) is 0 Å². The van der Waals surface area contributed by atoms with Crippen molar-refractivity contribution in [3.05, 3.63) is 53.9 Å². The molecule has 0 radical (unpaired) electrons. The normalized spacial score (nSPS) is 13.6. The lowest BCUT2D eigenvalue weighted by Gasteiger charge is -2.18. The van der Waals surface area contributed by atoms with Gasteiger partial charge in [0.15, 0.2) is 11.5 Å². The summed E-state index contributed by atoms with van der Waals surface area (Å²) >= 11 is 0. The summed E-state index contributed by atoms with van der Waals surface area (Å²) in [5, 5.41) is 4.12. The third-order valence-electron chi connectivity index (χ3n) is 3.23. The summed E-state index contributed by atoms with van der Waals surface area (Å²) in [6.45, 7) is 2.91. The molecule has 6 nitrogen and oxygen atoms in total. The van der Waals surface area contributed by atoms with Gasteiger partial charge in [0.1, 0.15) is 13.2 Å². The SMILES string of the molecule is CC(=NNC(=O)c1ccncc1)c1ccc2c(c1)OCCO2. The van der Waals surface area contributed by atoms with Gasteiger partial charge in [0.25, 0.3) is 5.91 Å². The molecular weight excluding hydrogens is 282 g/mol. The second kappa shape index (κ2) is 6.26. The molecule has 0 spiro atoms. The van der Waals surface area contributed by atoms with Crippen molar-refractivity contribution in [3.63, 3.8) is 0 Å². The van der Waals surface area contributed by atoms with Crippen LogP contribution in [0.1, 0.15) is 22.8 Å². The van der Waals surface area contributed by atoms with E-state index in [1.807, 2.05) is 25.1 Å². The summed E-state index contributed by atoms with van der Waals surface area (Å²) in [5.74, 6) is 1.14. The van der Waals surface area contributed by atoms with E-state index in [1.54, 1.807) is 24.5 Å². The highest BCUT2D eigenvalue weighted by molar-refractivity contribution is 6.01. The molecule has 0 unspecified atom stereocenters. The standard InChI is InChI=1S/C16H15N3O3/c1-11(18-19-16(20)12-4-6-17-7-5-12)13-2-3-14-15(10-13)22-9-8-21-14/h2-7,10H,8-9H2,1H3,(H,19,20). The zero-order valence-corrected chi connectivity index (χ0v) is 12.1. The maximum Gasteiger partial charge on any atom is 0.271 e. The van der Waals surface area contributed by atoms with E-state index in [0.29, 0.717) is 30.2 Å². The number of nitrogens with one attached hydrogen (secondary N) is 1. The fraction of sp³-hybridized carbons (Fsp3) is 0.188. The van der Waals surface area contributed by atoms with Crippen molar-refractivity contribution in [2.45, 2.75) is 6.92 Å². The van der Waals surface area contributed by atoms with Crippen LogP contribution in [-0.4, -0.2) is 29.8 Å². The number of benzene rings is 1. The Morgan fingerprint density at radius 1 is 1.09 bits per heavy atom. The molecule has 1 aliphatic rings. The van der Waals surface area contributed by atoms with Crippen LogP contribution < -0.4 is 14.9 Å². The Balaban J connectivity index is 1.73. The Morgan fingerprint density at radius 3 is 2.59 bits per heavy atom. The summed E-state index contributed by atoms with van der Waals surface area (Å²) < 4.78 is 11.0. The summed E-state index contributed by atoms with van der Waals surface area (Å²) in [5.41, 5.74) is 4.57. The first-order valence-electron chi connectivity index (χ1n) is 6.89. The number of pyridine rings is 1. The Kier molecular flexibility index (Phi) is 4.00. The molecule has 3 rings (SSSR count). The van der Waals surface area contributed by atoms with Crippen molar-refractivity contribution in [1.82, 2.24) is 10.4 Å². The van der Waals surface area contributed by atoms with Crippen LogP contribution in [0.2, 0.25) is 0 Å². The highest BCUT2D eigenvalue weighted by atomic mass is 16.6. The monoisotopic (exact) mass is 297 g/mol. The number of fused-ring (bicyclic) bond motifs is 1. The minimum atomic E-state index is -0.278. The Morgan fingerprint density at radius 2 is 1.82 bits per heavy atom. The zero-order chi connectivity index (χ0) is 15.4. The van der Waals surface area contributed by atoms with Crippen LogP contribution in [0.3, 0.4) is 0 Å². The molecule has 1 N–H and O–H groups in total. The largest absolute Gasteiger partial charge is 0.486 e. The second-order valence-electron chi connectivity index (χ2n) is 4.73. The van der Waals surface area contributed by atoms with Crippen LogP contribution in [0.15, 0.2) is 47.8 Å². The van der Waals surface area contributed by atoms with Crippen LogP contribution in [-0.2, 0) is 0 Å². The van der Waals surface area contributed by atoms with Gasteiger partial charge in [-0.2, -0.15) is 5.10 Å². The average molecular weight is 297 g/mol. The maximum absolute atomic E-state index is 11.9. The highest BCUT2D eigenvalue weighted by Gasteiger charge is 2.12. The van der Waals surface area contributed by atoms with E-state index in [2.05, 4.69) is 15.5 Å². The number of hydrazone groups is 1. The average Bonchev–Trinajstić information content (AvgIpc) is 2.59. The van der Waals surface area contributed by atoms with Gasteiger partial charge in [-0.25, -0.2) is 5.43 Å². The minimum Gasteiger partial charge on any atom is -0.486 e. The van der Waals surface area contributed by atoms with E-state index in [1.165, 1.54) is 0 Å². The van der Waals surface area contributed by atoms with Crippen molar-refractivity contribution in [2.75, 3.05) is 13.2 Å². The number of ether oxygens (including phenoxy) is 2. The lowest BCUT2D eigenvalue weighted by molar-refractivity contribution is 0.0954. The van der Waals surface area contributed by atoms with Crippen LogP contribution in [0.4, 0.5) is 0 Å². The Labute approximate surface area is 127 Å². The van der Waals surface area contributed by atoms with Crippen LogP contribution in [0.5, 0.6) is 11.5 Å². The van der Waals surface area contributed by atoms with Gasteiger partial charge in [0, 0.05) is 23.5 Å². The van der Waals surface area contributed by atoms with Crippen molar-refractivity contribution < 1.29 is 14.3 Å². The number of hydrogen-bond acceptors (Lipinski definition) is 5. The quantitative estimate of drug-likeness (QED) is 0.695. The molecule has 0 saturated heterocycles. The number of amides is 1. The van der Waals surface area contributed by atoms with Crippen LogP contribution in [0, 0.1) is 0 Å². The molecule has 2 heterocycles. The molecule has 22 heavy (non-hydrogen) atoms. The van der Waals surface area contributed by atoms with E-state index in [0.717, 1.165) is 11.3 Å². The molecule has 1 aromatic heterocycles. The predicted molar refractivity (Wildman–Crippen MR) is 81.3 cm³/mol. The van der Waals surface area contributed by atoms with Gasteiger partial charge in [-0.05, 0) is 37.3 Å². The molecule has 6 heteroatoms. The molecule has 0 saturated carbocycles. The van der Waals surface area contributed by atoms with E-state index < -0.39 is 0 Å². The molecular formula is C16H15N3O3. The maximum atomic E-state index is 11.9. The fourth-order valence-corrected chi connectivity index (χ4v) is 2.04. The number of rotatable bonds is 3. The topological polar surface area (TPSA) is 72.8 Å². The van der Waals surface area contributed by atoms with Gasteiger partial charge in [0.05, 0.1) is 5.71 Å². The molecule has 0 fully saturated rings. The van der Waals surface area contributed by atoms with Gasteiger partial charge < -0.3 is 9.47 Å². The Hall–Kier alpha value is -2.89. The minimum absolute atomic E-state index is 0.278. The molecule has 2 aromatic rings. The molecule has 0 bridgehead atoms. The van der Waals surface area contributed by atoms with Gasteiger partial charge >= 0.3 is 0 Å². The summed E-state index contributed by atoms with van der Waals surface area (Å²) in [7, 11) is 0. The first-order chi connectivity index (χ1) is 10.7. The third-order valence-corrected chi connectivity index (χ3v) is 3.23. The van der Waals surface area contributed by atoms with Crippen LogP contribution >= 0.6 is 0 Å². The highest BCUT2D eigenvalue weighted by Crippen LogP contribution is 2.30. The number of nitrogens with zero attached hydrogens (tertiary/aromatic N) is 2. The molecule has 1 aliphatic heterocycles. The molecule has 0 aliphatic carbocycles. The molecule has 1 amide bonds. The summed E-state index contributed by atoms with van der Waals surface area (Å²) in [6.07, 6.45) is 3.12. The fourth-order valence-electron chi connectivity index (χ4n) is 2.04. The van der Waals surface area contributed by atoms with Crippen LogP contribution in [0.25, 0.3) is 0 Å². The van der Waals surface area contributed by atoms with Gasteiger partial charge in [-0.1, -0.05) is 0 Å². The van der Waals surface area contributed by atoms with E-state index in [4.69, 9.17) is 9.47 Å². The first-order valence-corrected chi connectivity index (χ1v) is 6.89. The number of aromatic nitrogens is 1. The van der Waals surface area contributed by atoms with Crippen molar-refractivity contribution in [2.24, 2.45) is 5.10 Å². The number of carbonyl (C=O) groups is 1. The predicted octanol–water partition coefficient (Wildman–Crippen LogP) is 2.01. The van der Waals surface area contributed by atoms with Crippen molar-refractivity contribution in [3.8, 4) is 11.5 Å². The lowest BCUT2D eigenvalue weighted by atomic mass is 10.1. The number of carbonyl (C=O) groups excluding carboxylic acids is 1. The van der Waals surface area contributed by atoms with Gasteiger partial charge in [-0.15, -0.1) is 0 Å². The molecule has 0 atom stereocenters. The Bertz CT molecular complexity index is 714. The van der Waals surface area contributed by atoms with Gasteiger partial charge in [-0.3, -0.25) is 9.78 Å². The first kappa shape index (κ1) is 14.1.